The van der Waals surface area contributed by atoms with Crippen molar-refractivity contribution in [3.05, 3.63) is 30.3 Å². The molecule has 0 atom stereocenters. The molecule has 1 aromatic carbocycles. The summed E-state index contributed by atoms with van der Waals surface area (Å²) in [5, 5.41) is 0. The second-order valence-corrected chi connectivity index (χ2v) is 1.92. The van der Waals surface area contributed by atoms with Crippen molar-refractivity contribution >= 4 is 4.46 Å². The normalized spacial score (nSPS) is 6.70. The molecule has 1 rings (SSSR count). The fourth-order valence-electron chi connectivity index (χ4n) is 0.410. The Kier molecular flexibility index (Phi) is 11.3. The van der Waals surface area contributed by atoms with E-state index in [1.165, 1.54) is 0 Å². The summed E-state index contributed by atoms with van der Waals surface area (Å²) in [6, 6.07) is 9.87. The Morgan fingerprint density at radius 2 is 1.40 bits per heavy atom. The van der Waals surface area contributed by atoms with Crippen LogP contribution in [0.5, 0.6) is 0 Å². The third-order valence-electron chi connectivity index (χ3n) is 0.725. The quantitative estimate of drug-likeness (QED) is 0.262. The van der Waals surface area contributed by atoms with Crippen molar-refractivity contribution < 1.29 is 28.4 Å². The van der Waals surface area contributed by atoms with Gasteiger partial charge in [0.05, 0.1) is 0 Å². The van der Waals surface area contributed by atoms with E-state index in [1.54, 1.807) is 0 Å². The molecule has 58 valence electrons. The van der Waals surface area contributed by atoms with Crippen LogP contribution in [0.15, 0.2) is 30.3 Å². The molecule has 0 unspecified atom stereocenters. The molecular weight excluding hydrogens is 191 g/mol. The van der Waals surface area contributed by atoms with E-state index in [2.05, 4.69) is 27.7 Å². The number of halogens is 1. The van der Waals surface area contributed by atoms with Crippen LogP contribution in [0.25, 0.3) is 0 Å². The Morgan fingerprint density at radius 3 is 1.60 bits per heavy atom. The van der Waals surface area contributed by atoms with E-state index in [0.717, 1.165) is 4.46 Å². The predicted octanol–water partition coefficient (Wildman–Crippen LogP) is -3.32. The second kappa shape index (κ2) is 8.95. The Morgan fingerprint density at radius 1 is 1.00 bits per heavy atom. The van der Waals surface area contributed by atoms with Crippen LogP contribution < -0.4 is 28.6 Å². The maximum absolute atomic E-state index is 4.00. The SMILES string of the molecule is NN.[Cl-].[Fe+][c]1ccccc1. The molecule has 0 bridgehead atoms. The van der Waals surface area contributed by atoms with Crippen LogP contribution >= 0.6 is 0 Å². The molecule has 0 heterocycles. The topological polar surface area (TPSA) is 52.0 Å². The molecule has 0 fully saturated rings. The molecule has 0 spiro atoms. The fraction of sp³-hybridized carbons (Fsp3) is 0. The third-order valence-corrected chi connectivity index (χ3v) is 1.09. The molecular formula is C6H9ClFeN2. The van der Waals surface area contributed by atoms with E-state index in [0.29, 0.717) is 0 Å². The summed E-state index contributed by atoms with van der Waals surface area (Å²) in [4.78, 5) is 0. The first-order valence-electron chi connectivity index (χ1n) is 2.42. The molecule has 0 radical (unpaired) electrons. The first kappa shape index (κ1) is 12.6. The Hall–Kier alpha value is -0.0505. The monoisotopic (exact) mass is 200 g/mol. The van der Waals surface area contributed by atoms with Gasteiger partial charge in [0.25, 0.3) is 0 Å². The van der Waals surface area contributed by atoms with Gasteiger partial charge in [-0.1, -0.05) is 0 Å². The summed E-state index contributed by atoms with van der Waals surface area (Å²) in [6.07, 6.45) is 0. The van der Waals surface area contributed by atoms with Crippen LogP contribution in [0.4, 0.5) is 0 Å². The molecule has 0 saturated heterocycles. The molecule has 0 aliphatic rings. The molecule has 4 heteroatoms. The maximum atomic E-state index is 4.00. The molecule has 10 heavy (non-hydrogen) atoms. The summed E-state index contributed by atoms with van der Waals surface area (Å²) < 4.78 is 1.07. The Labute approximate surface area is 75.2 Å². The molecule has 0 saturated carbocycles. The third kappa shape index (κ3) is 6.08. The van der Waals surface area contributed by atoms with Crippen LogP contribution in [0.2, 0.25) is 0 Å². The van der Waals surface area contributed by atoms with E-state index < -0.39 is 0 Å². The van der Waals surface area contributed by atoms with E-state index in [1.807, 2.05) is 30.3 Å². The van der Waals surface area contributed by atoms with Gasteiger partial charge in [-0.2, -0.15) is 0 Å². The average Bonchev–Trinajstić information content (AvgIpc) is 1.94. The van der Waals surface area contributed by atoms with Gasteiger partial charge in [0.2, 0.25) is 0 Å². The van der Waals surface area contributed by atoms with Gasteiger partial charge in [0.15, 0.2) is 0 Å². The van der Waals surface area contributed by atoms with Crippen molar-refractivity contribution in [1.82, 2.24) is 0 Å². The van der Waals surface area contributed by atoms with Gasteiger partial charge < -0.3 is 12.4 Å². The van der Waals surface area contributed by atoms with E-state index in [4.69, 9.17) is 0 Å². The van der Waals surface area contributed by atoms with Gasteiger partial charge >= 0.3 is 50.8 Å². The number of nitrogens with two attached hydrogens (primary N) is 2. The summed E-state index contributed by atoms with van der Waals surface area (Å²) >= 11 is 3.72. The van der Waals surface area contributed by atoms with Gasteiger partial charge in [0, 0.05) is 0 Å². The second-order valence-electron chi connectivity index (χ2n) is 1.28. The van der Waals surface area contributed by atoms with E-state index in [9.17, 15) is 0 Å². The molecule has 0 aliphatic heterocycles. The molecule has 1 aromatic rings. The van der Waals surface area contributed by atoms with Crippen LogP contribution in [0.3, 0.4) is 0 Å². The Balaban J connectivity index is 0. The fourth-order valence-corrected chi connectivity index (χ4v) is 0.622. The molecule has 0 amide bonds. The van der Waals surface area contributed by atoms with Crippen LogP contribution in [-0.4, -0.2) is 0 Å². The van der Waals surface area contributed by atoms with Crippen LogP contribution in [-0.2, 0) is 16.0 Å². The minimum atomic E-state index is 0. The van der Waals surface area contributed by atoms with E-state index in [-0.39, 0.29) is 12.4 Å². The summed E-state index contributed by atoms with van der Waals surface area (Å²) in [5.74, 6) is 8.00. The van der Waals surface area contributed by atoms with Crippen molar-refractivity contribution in [2.45, 2.75) is 0 Å². The number of rotatable bonds is 0. The summed E-state index contributed by atoms with van der Waals surface area (Å²) in [6.45, 7) is 0. The Bertz CT molecular complexity index is 146. The summed E-state index contributed by atoms with van der Waals surface area (Å²) in [5.41, 5.74) is 0. The van der Waals surface area contributed by atoms with Crippen LogP contribution in [0, 0.1) is 0 Å². The van der Waals surface area contributed by atoms with Crippen molar-refractivity contribution in [1.29, 1.82) is 0 Å². The van der Waals surface area contributed by atoms with Gasteiger partial charge in [-0.05, 0) is 0 Å². The van der Waals surface area contributed by atoms with Crippen molar-refractivity contribution in [3.8, 4) is 0 Å². The predicted molar refractivity (Wildman–Crippen MR) is 34.5 cm³/mol. The van der Waals surface area contributed by atoms with Crippen molar-refractivity contribution in [2.24, 2.45) is 11.7 Å². The molecule has 2 nitrogen and oxygen atoms in total. The summed E-state index contributed by atoms with van der Waals surface area (Å²) in [7, 11) is 0. The van der Waals surface area contributed by atoms with Gasteiger partial charge in [-0.25, -0.2) is 0 Å². The first-order valence-corrected chi connectivity index (χ1v) is 2.97. The standard InChI is InChI=1S/C6H5.ClH.Fe.H4N2/c1-2-4-6-5-3-1;;;1-2/h1-5H;1H;;1-2H2/q;;+1;/p-1. The molecule has 0 aromatic heterocycles. The average molecular weight is 200 g/mol. The zero-order chi connectivity index (χ0) is 7.11. The van der Waals surface area contributed by atoms with Gasteiger partial charge in [0.1, 0.15) is 0 Å². The zero-order valence-corrected chi connectivity index (χ0v) is 7.13. The zero-order valence-electron chi connectivity index (χ0n) is 5.27. The van der Waals surface area contributed by atoms with Crippen molar-refractivity contribution in [3.63, 3.8) is 0 Å². The van der Waals surface area contributed by atoms with Crippen molar-refractivity contribution in [2.75, 3.05) is 0 Å². The van der Waals surface area contributed by atoms with Crippen LogP contribution in [0.1, 0.15) is 0 Å². The molecule has 0 aliphatic carbocycles. The van der Waals surface area contributed by atoms with E-state index >= 15 is 0 Å². The number of hydrogen-bond donors (Lipinski definition) is 2. The number of benzene rings is 1. The number of hydrogen-bond acceptors (Lipinski definition) is 2. The number of hydrazine groups is 1. The first-order chi connectivity index (χ1) is 4.39. The van der Waals surface area contributed by atoms with Gasteiger partial charge in [-0.3, -0.25) is 11.7 Å². The van der Waals surface area contributed by atoms with Gasteiger partial charge in [-0.15, -0.1) is 0 Å². The molecule has 4 N–H and O–H groups in total. The minimum absolute atomic E-state index is 0.